The number of carbonyl (C=O) groups excluding carboxylic acids is 1. The zero-order valence-electron chi connectivity index (χ0n) is 20.1. The van der Waals surface area contributed by atoms with E-state index >= 15 is 0 Å². The fourth-order valence-corrected chi connectivity index (χ4v) is 4.46. The Morgan fingerprint density at radius 2 is 1.74 bits per heavy atom. The third-order valence-electron chi connectivity index (χ3n) is 6.29. The highest BCUT2D eigenvalue weighted by atomic mass is 19.4. The van der Waals surface area contributed by atoms with Crippen LogP contribution in [-0.2, 0) is 24.1 Å². The predicted octanol–water partition coefficient (Wildman–Crippen LogP) is 5.75. The number of aliphatic carboxylic acids is 1. The molecule has 0 saturated heterocycles. The standard InChI is InChI=1S/C28H23F3N2O5/c29-28(30,31)19-5-7-20(8-6-19)33-16-23-22(27(33)36)3-1-4-25(23)38-14-2-13-37-21-9-10-24-18(15-21)11-12-32(24)17-26(34)35/h1,3-12,15H,2,13-14,16-17H2,(H,34,35). The normalized spacial score (nSPS) is 13.1. The quantitative estimate of drug-likeness (QED) is 0.282. The average molecular weight is 524 g/mol. The summed E-state index contributed by atoms with van der Waals surface area (Å²) >= 11 is 0. The van der Waals surface area contributed by atoms with E-state index in [9.17, 15) is 22.8 Å². The van der Waals surface area contributed by atoms with Gasteiger partial charge in [0, 0.05) is 40.3 Å². The Hall–Kier alpha value is -4.47. The Morgan fingerprint density at radius 3 is 2.47 bits per heavy atom. The highest BCUT2D eigenvalue weighted by molar-refractivity contribution is 6.10. The molecule has 0 saturated carbocycles. The molecule has 1 N–H and O–H groups in total. The molecule has 1 amide bonds. The zero-order valence-corrected chi connectivity index (χ0v) is 20.1. The van der Waals surface area contributed by atoms with Crippen LogP contribution in [0.2, 0.25) is 0 Å². The molecule has 7 nitrogen and oxygen atoms in total. The first-order valence-corrected chi connectivity index (χ1v) is 11.9. The molecule has 0 radical (unpaired) electrons. The predicted molar refractivity (Wildman–Crippen MR) is 134 cm³/mol. The first-order valence-electron chi connectivity index (χ1n) is 11.9. The molecule has 2 heterocycles. The molecule has 3 aromatic carbocycles. The minimum atomic E-state index is -4.44. The van der Waals surface area contributed by atoms with Crippen molar-refractivity contribution in [1.29, 1.82) is 0 Å². The molecule has 0 fully saturated rings. The maximum absolute atomic E-state index is 12.9. The zero-order chi connectivity index (χ0) is 26.9. The van der Waals surface area contributed by atoms with Crippen molar-refractivity contribution in [3.05, 3.63) is 89.6 Å². The number of halogens is 3. The van der Waals surface area contributed by atoms with Gasteiger partial charge in [0.25, 0.3) is 5.91 Å². The molecule has 196 valence electrons. The van der Waals surface area contributed by atoms with Gasteiger partial charge in [0.15, 0.2) is 0 Å². The first-order chi connectivity index (χ1) is 18.2. The van der Waals surface area contributed by atoms with Gasteiger partial charge >= 0.3 is 12.1 Å². The van der Waals surface area contributed by atoms with Crippen molar-refractivity contribution >= 4 is 28.5 Å². The van der Waals surface area contributed by atoms with Gasteiger partial charge in [-0.15, -0.1) is 0 Å². The fourth-order valence-electron chi connectivity index (χ4n) is 4.46. The summed E-state index contributed by atoms with van der Waals surface area (Å²) < 4.78 is 52.1. The molecule has 5 rings (SSSR count). The maximum Gasteiger partial charge on any atom is 0.416 e. The number of benzene rings is 3. The summed E-state index contributed by atoms with van der Waals surface area (Å²) in [6.45, 7) is 0.806. The molecule has 1 aliphatic heterocycles. The van der Waals surface area contributed by atoms with E-state index in [4.69, 9.17) is 14.6 Å². The number of nitrogens with zero attached hydrogens (tertiary/aromatic N) is 2. The Labute approximate surface area is 215 Å². The van der Waals surface area contributed by atoms with Crippen LogP contribution in [0.4, 0.5) is 18.9 Å². The van der Waals surface area contributed by atoms with Crippen LogP contribution >= 0.6 is 0 Å². The minimum Gasteiger partial charge on any atom is -0.493 e. The van der Waals surface area contributed by atoms with Gasteiger partial charge in [-0.2, -0.15) is 13.2 Å². The highest BCUT2D eigenvalue weighted by Crippen LogP contribution is 2.36. The van der Waals surface area contributed by atoms with E-state index in [1.165, 1.54) is 17.0 Å². The number of carbonyl (C=O) groups is 2. The van der Waals surface area contributed by atoms with Crippen molar-refractivity contribution in [1.82, 2.24) is 4.57 Å². The second-order valence-corrected chi connectivity index (χ2v) is 8.83. The Kier molecular flexibility index (Phi) is 6.71. The first kappa shape index (κ1) is 25.2. The summed E-state index contributed by atoms with van der Waals surface area (Å²) in [6.07, 6.45) is -2.15. The van der Waals surface area contributed by atoms with Gasteiger partial charge in [0.1, 0.15) is 18.0 Å². The molecule has 0 aliphatic carbocycles. The molecule has 1 aliphatic rings. The van der Waals surface area contributed by atoms with Crippen LogP contribution in [-0.4, -0.2) is 34.8 Å². The number of fused-ring (bicyclic) bond motifs is 2. The van der Waals surface area contributed by atoms with Gasteiger partial charge in [-0.3, -0.25) is 9.59 Å². The lowest BCUT2D eigenvalue weighted by Crippen LogP contribution is -2.23. The van der Waals surface area contributed by atoms with Crippen LogP contribution in [0.3, 0.4) is 0 Å². The van der Waals surface area contributed by atoms with E-state index in [1.807, 2.05) is 18.2 Å². The number of rotatable bonds is 9. The van der Waals surface area contributed by atoms with Gasteiger partial charge in [-0.1, -0.05) is 6.07 Å². The summed E-state index contributed by atoms with van der Waals surface area (Å²) in [5.41, 5.74) is 1.57. The van der Waals surface area contributed by atoms with E-state index in [1.54, 1.807) is 35.0 Å². The lowest BCUT2D eigenvalue weighted by atomic mass is 10.1. The van der Waals surface area contributed by atoms with Gasteiger partial charge < -0.3 is 24.0 Å². The summed E-state index contributed by atoms with van der Waals surface area (Å²) in [4.78, 5) is 25.3. The van der Waals surface area contributed by atoms with Crippen molar-refractivity contribution in [3.63, 3.8) is 0 Å². The number of anilines is 1. The summed E-state index contributed by atoms with van der Waals surface area (Å²) in [7, 11) is 0. The second-order valence-electron chi connectivity index (χ2n) is 8.83. The van der Waals surface area contributed by atoms with Crippen molar-refractivity contribution < 1.29 is 37.3 Å². The third-order valence-corrected chi connectivity index (χ3v) is 6.29. The molecule has 38 heavy (non-hydrogen) atoms. The topological polar surface area (TPSA) is 81.0 Å². The molecule has 0 unspecified atom stereocenters. The van der Waals surface area contributed by atoms with Crippen molar-refractivity contribution in [2.24, 2.45) is 0 Å². The maximum atomic E-state index is 12.9. The molecule has 0 bridgehead atoms. The number of carboxylic acid groups (broad SMARTS) is 1. The largest absolute Gasteiger partial charge is 0.493 e. The van der Waals surface area contributed by atoms with Crippen LogP contribution in [0.15, 0.2) is 72.9 Å². The van der Waals surface area contributed by atoms with Crippen molar-refractivity contribution in [3.8, 4) is 11.5 Å². The Bertz CT molecular complexity index is 1490. The van der Waals surface area contributed by atoms with E-state index in [0.29, 0.717) is 47.9 Å². The number of ether oxygens (including phenoxy) is 2. The van der Waals surface area contributed by atoms with Gasteiger partial charge in [0.05, 0.1) is 25.3 Å². The van der Waals surface area contributed by atoms with Crippen LogP contribution in [0.1, 0.15) is 27.9 Å². The van der Waals surface area contributed by atoms with E-state index in [-0.39, 0.29) is 19.0 Å². The number of carboxylic acids is 1. The van der Waals surface area contributed by atoms with E-state index in [0.717, 1.165) is 23.0 Å². The molecule has 10 heteroatoms. The van der Waals surface area contributed by atoms with Crippen LogP contribution in [0, 0.1) is 0 Å². The summed E-state index contributed by atoms with van der Waals surface area (Å²) in [6, 6.07) is 17.0. The van der Waals surface area contributed by atoms with Gasteiger partial charge in [-0.25, -0.2) is 0 Å². The Balaban J connectivity index is 1.17. The van der Waals surface area contributed by atoms with Crippen LogP contribution in [0.25, 0.3) is 10.9 Å². The fraction of sp³-hybridized carbons (Fsp3) is 0.214. The lowest BCUT2D eigenvalue weighted by Gasteiger charge is -2.17. The summed E-state index contributed by atoms with van der Waals surface area (Å²) in [5.74, 6) is 0.0000743. The van der Waals surface area contributed by atoms with Gasteiger partial charge in [-0.05, 0) is 60.7 Å². The number of hydrogen-bond donors (Lipinski definition) is 1. The van der Waals surface area contributed by atoms with E-state index < -0.39 is 17.7 Å². The van der Waals surface area contributed by atoms with Crippen molar-refractivity contribution in [2.75, 3.05) is 18.1 Å². The highest BCUT2D eigenvalue weighted by Gasteiger charge is 2.33. The number of hydrogen-bond acceptors (Lipinski definition) is 4. The SMILES string of the molecule is O=C(O)Cn1ccc2cc(OCCCOc3cccc4c3CN(c3ccc(C(F)(F)F)cc3)C4=O)ccc21. The average Bonchev–Trinajstić information content (AvgIpc) is 3.44. The molecular formula is C28H23F3N2O5. The molecular weight excluding hydrogens is 501 g/mol. The van der Waals surface area contributed by atoms with Crippen LogP contribution < -0.4 is 14.4 Å². The molecule has 4 aromatic rings. The van der Waals surface area contributed by atoms with Crippen LogP contribution in [0.5, 0.6) is 11.5 Å². The Morgan fingerprint density at radius 1 is 0.974 bits per heavy atom. The van der Waals surface area contributed by atoms with Gasteiger partial charge in [0.2, 0.25) is 0 Å². The number of amides is 1. The molecule has 1 aromatic heterocycles. The monoisotopic (exact) mass is 524 g/mol. The number of aromatic nitrogens is 1. The smallest absolute Gasteiger partial charge is 0.416 e. The lowest BCUT2D eigenvalue weighted by molar-refractivity contribution is -0.138. The second kappa shape index (κ2) is 10.1. The van der Waals surface area contributed by atoms with E-state index in [2.05, 4.69) is 0 Å². The molecule has 0 atom stereocenters. The molecule has 0 spiro atoms. The summed E-state index contributed by atoms with van der Waals surface area (Å²) in [5, 5.41) is 9.88. The third kappa shape index (κ3) is 5.15. The minimum absolute atomic E-state index is 0.113. The van der Waals surface area contributed by atoms with Crippen molar-refractivity contribution in [2.45, 2.75) is 25.7 Å². The number of alkyl halides is 3.